The van der Waals surface area contributed by atoms with Gasteiger partial charge in [0.1, 0.15) is 4.21 Å². The Morgan fingerprint density at radius 2 is 2.11 bits per heavy atom. The lowest BCUT2D eigenvalue weighted by atomic mass is 10.4. The van der Waals surface area contributed by atoms with E-state index in [2.05, 4.69) is 5.32 Å². The van der Waals surface area contributed by atoms with Crippen molar-refractivity contribution >= 4 is 38.9 Å². The topological polar surface area (TPSA) is 102 Å². The standard InChI is InChI=1S/C10H9ClN2O4S2/c11-8-3-2-7(17-8)10(14)13-5-6-1-4-9(18-6)19(12,15)16/h1-4H,5H2,(H,13,14)(H2,12,15,16). The van der Waals surface area contributed by atoms with E-state index in [4.69, 9.17) is 21.2 Å². The molecule has 0 radical (unpaired) electrons. The van der Waals surface area contributed by atoms with Crippen LogP contribution in [0, 0.1) is 0 Å². The molecule has 2 rings (SSSR count). The minimum atomic E-state index is -3.70. The van der Waals surface area contributed by atoms with Crippen molar-refractivity contribution in [3.8, 4) is 0 Å². The number of hydrogen-bond acceptors (Lipinski definition) is 5. The molecule has 0 saturated carbocycles. The van der Waals surface area contributed by atoms with Gasteiger partial charge in [0.25, 0.3) is 5.91 Å². The van der Waals surface area contributed by atoms with Gasteiger partial charge in [0.2, 0.25) is 10.0 Å². The first-order valence-corrected chi connectivity index (χ1v) is 7.75. The van der Waals surface area contributed by atoms with Gasteiger partial charge in [-0.3, -0.25) is 4.79 Å². The first kappa shape index (κ1) is 14.1. The SMILES string of the molecule is NS(=O)(=O)c1ccc(CNC(=O)c2ccc(Cl)o2)s1. The van der Waals surface area contributed by atoms with Gasteiger partial charge in [0.15, 0.2) is 11.0 Å². The van der Waals surface area contributed by atoms with Crippen molar-refractivity contribution in [2.45, 2.75) is 10.8 Å². The molecule has 0 unspecified atom stereocenters. The number of primary sulfonamides is 1. The van der Waals surface area contributed by atoms with E-state index in [0.29, 0.717) is 4.88 Å². The summed E-state index contributed by atoms with van der Waals surface area (Å²) < 4.78 is 27.1. The van der Waals surface area contributed by atoms with Crippen molar-refractivity contribution in [2.24, 2.45) is 5.14 Å². The number of nitrogens with one attached hydrogen (secondary N) is 1. The minimum Gasteiger partial charge on any atom is -0.440 e. The van der Waals surface area contributed by atoms with E-state index in [9.17, 15) is 13.2 Å². The molecule has 2 aromatic heterocycles. The molecule has 0 bridgehead atoms. The zero-order valence-corrected chi connectivity index (χ0v) is 11.8. The first-order chi connectivity index (χ1) is 8.86. The summed E-state index contributed by atoms with van der Waals surface area (Å²) in [6.07, 6.45) is 0. The predicted molar refractivity (Wildman–Crippen MR) is 70.6 cm³/mol. The lowest BCUT2D eigenvalue weighted by molar-refractivity contribution is 0.0923. The second kappa shape index (κ2) is 5.33. The predicted octanol–water partition coefficient (Wildman–Crippen LogP) is 1.57. The fourth-order valence-electron chi connectivity index (χ4n) is 1.30. The number of sulfonamides is 1. The molecule has 19 heavy (non-hydrogen) atoms. The molecule has 9 heteroatoms. The van der Waals surface area contributed by atoms with Gasteiger partial charge in [0.05, 0.1) is 6.54 Å². The highest BCUT2D eigenvalue weighted by Gasteiger charge is 2.13. The number of carbonyl (C=O) groups is 1. The van der Waals surface area contributed by atoms with Crippen LogP contribution in [-0.4, -0.2) is 14.3 Å². The highest BCUT2D eigenvalue weighted by molar-refractivity contribution is 7.91. The van der Waals surface area contributed by atoms with E-state index in [0.717, 1.165) is 11.3 Å². The third-order valence-electron chi connectivity index (χ3n) is 2.14. The van der Waals surface area contributed by atoms with Gasteiger partial charge in [-0.1, -0.05) is 0 Å². The van der Waals surface area contributed by atoms with Crippen LogP contribution in [0.1, 0.15) is 15.4 Å². The van der Waals surface area contributed by atoms with Gasteiger partial charge in [-0.15, -0.1) is 11.3 Å². The number of halogens is 1. The molecule has 0 aliphatic heterocycles. The fourth-order valence-corrected chi connectivity index (χ4v) is 3.16. The van der Waals surface area contributed by atoms with Crippen molar-refractivity contribution in [1.29, 1.82) is 0 Å². The Kier molecular flexibility index (Phi) is 3.95. The van der Waals surface area contributed by atoms with Crippen molar-refractivity contribution in [2.75, 3.05) is 0 Å². The third-order valence-corrected chi connectivity index (χ3v) is 4.86. The maximum atomic E-state index is 11.6. The molecule has 0 saturated heterocycles. The highest BCUT2D eigenvalue weighted by Crippen LogP contribution is 2.20. The van der Waals surface area contributed by atoms with Crippen molar-refractivity contribution in [1.82, 2.24) is 5.32 Å². The molecule has 2 aromatic rings. The average molecular weight is 321 g/mol. The normalized spacial score (nSPS) is 11.5. The number of nitrogens with two attached hydrogens (primary N) is 1. The monoisotopic (exact) mass is 320 g/mol. The van der Waals surface area contributed by atoms with Crippen molar-refractivity contribution in [3.63, 3.8) is 0 Å². The summed E-state index contributed by atoms with van der Waals surface area (Å²) in [5, 5.41) is 7.69. The minimum absolute atomic E-state index is 0.0535. The molecular formula is C10H9ClN2O4S2. The molecule has 1 amide bonds. The summed E-state index contributed by atoms with van der Waals surface area (Å²) >= 11 is 6.55. The van der Waals surface area contributed by atoms with Gasteiger partial charge in [-0.25, -0.2) is 13.6 Å². The molecule has 0 atom stereocenters. The highest BCUT2D eigenvalue weighted by atomic mass is 35.5. The van der Waals surface area contributed by atoms with Crippen molar-refractivity contribution < 1.29 is 17.6 Å². The van der Waals surface area contributed by atoms with Crippen LogP contribution in [-0.2, 0) is 16.6 Å². The van der Waals surface area contributed by atoms with Crippen LogP contribution < -0.4 is 10.5 Å². The van der Waals surface area contributed by atoms with Gasteiger partial charge in [0, 0.05) is 4.88 Å². The maximum absolute atomic E-state index is 11.6. The number of amides is 1. The lowest BCUT2D eigenvalue weighted by Gasteiger charge is -2.00. The summed E-state index contributed by atoms with van der Waals surface area (Å²) in [6, 6.07) is 5.88. The fraction of sp³-hybridized carbons (Fsp3) is 0.100. The second-order valence-corrected chi connectivity index (χ2v) is 6.88. The van der Waals surface area contributed by atoms with Crippen LogP contribution >= 0.6 is 22.9 Å². The Balaban J connectivity index is 1.99. The number of thiophene rings is 1. The second-order valence-electron chi connectivity index (χ2n) is 3.55. The zero-order valence-electron chi connectivity index (χ0n) is 9.42. The quantitative estimate of drug-likeness (QED) is 0.892. The summed E-state index contributed by atoms with van der Waals surface area (Å²) in [4.78, 5) is 12.3. The van der Waals surface area contributed by atoms with E-state index in [1.54, 1.807) is 6.07 Å². The van der Waals surface area contributed by atoms with Crippen LogP contribution in [0.5, 0.6) is 0 Å². The third kappa shape index (κ3) is 3.57. The van der Waals surface area contributed by atoms with E-state index < -0.39 is 15.9 Å². The summed E-state index contributed by atoms with van der Waals surface area (Å²) in [7, 11) is -3.70. The van der Waals surface area contributed by atoms with Gasteiger partial charge >= 0.3 is 0 Å². The first-order valence-electron chi connectivity index (χ1n) is 5.01. The van der Waals surface area contributed by atoms with Gasteiger partial charge in [-0.2, -0.15) is 0 Å². The molecule has 0 fully saturated rings. The van der Waals surface area contributed by atoms with Crippen LogP contribution in [0.2, 0.25) is 5.22 Å². The van der Waals surface area contributed by atoms with Crippen LogP contribution in [0.3, 0.4) is 0 Å². The zero-order chi connectivity index (χ0) is 14.0. The summed E-state index contributed by atoms with van der Waals surface area (Å²) in [5.41, 5.74) is 0. The van der Waals surface area contributed by atoms with Crippen molar-refractivity contribution in [3.05, 3.63) is 40.1 Å². The number of furan rings is 1. The molecule has 0 spiro atoms. The Morgan fingerprint density at radius 1 is 1.37 bits per heavy atom. The number of rotatable bonds is 4. The number of hydrogen-bond donors (Lipinski definition) is 2. The summed E-state index contributed by atoms with van der Waals surface area (Å²) in [6.45, 7) is 0.178. The van der Waals surface area contributed by atoms with E-state index in [1.807, 2.05) is 0 Å². The lowest BCUT2D eigenvalue weighted by Crippen LogP contribution is -2.21. The molecule has 0 aliphatic carbocycles. The molecule has 3 N–H and O–H groups in total. The molecular weight excluding hydrogens is 312 g/mol. The van der Waals surface area contributed by atoms with Crippen LogP contribution in [0.4, 0.5) is 0 Å². The number of carbonyl (C=O) groups excluding carboxylic acids is 1. The smallest absolute Gasteiger partial charge is 0.287 e. The van der Waals surface area contributed by atoms with Crippen LogP contribution in [0.15, 0.2) is 32.9 Å². The maximum Gasteiger partial charge on any atom is 0.287 e. The largest absolute Gasteiger partial charge is 0.440 e. The Bertz CT molecular complexity index is 705. The Hall–Kier alpha value is -1.35. The summed E-state index contributed by atoms with van der Waals surface area (Å²) in [5.74, 6) is -0.342. The molecule has 2 heterocycles. The van der Waals surface area contributed by atoms with E-state index >= 15 is 0 Å². The molecule has 6 nitrogen and oxygen atoms in total. The molecule has 0 aliphatic rings. The van der Waals surface area contributed by atoms with Gasteiger partial charge in [-0.05, 0) is 35.9 Å². The van der Waals surface area contributed by atoms with Gasteiger partial charge < -0.3 is 9.73 Å². The molecule has 0 aromatic carbocycles. The average Bonchev–Trinajstić information content (AvgIpc) is 2.93. The van der Waals surface area contributed by atoms with E-state index in [1.165, 1.54) is 18.2 Å². The van der Waals surface area contributed by atoms with Crippen LogP contribution in [0.25, 0.3) is 0 Å². The molecule has 102 valence electrons. The van der Waals surface area contributed by atoms with E-state index in [-0.39, 0.29) is 21.7 Å². The Morgan fingerprint density at radius 3 is 2.63 bits per heavy atom. The Labute approximate surface area is 118 Å².